The van der Waals surface area contributed by atoms with E-state index in [-0.39, 0.29) is 0 Å². The zero-order valence-electron chi connectivity index (χ0n) is 5.16. The molecule has 0 saturated heterocycles. The molecule has 0 bridgehead atoms. The third-order valence-electron chi connectivity index (χ3n) is 1.46. The molecule has 1 aromatic heterocycles. The first-order valence-corrected chi connectivity index (χ1v) is 2.84. The summed E-state index contributed by atoms with van der Waals surface area (Å²) in [6, 6.07) is 0. The van der Waals surface area contributed by atoms with Crippen LogP contribution in [-0.2, 0) is 18.1 Å². The first-order valence-electron chi connectivity index (χ1n) is 2.84. The van der Waals surface area contributed by atoms with Crippen LogP contribution < -0.4 is 0 Å². The molecule has 0 unspecified atom stereocenters. The van der Waals surface area contributed by atoms with Crippen LogP contribution >= 0.6 is 0 Å². The van der Waals surface area contributed by atoms with Crippen molar-refractivity contribution in [3.05, 3.63) is 11.6 Å². The number of fused-ring (bicyclic) bond motifs is 1. The van der Waals surface area contributed by atoms with E-state index in [1.165, 1.54) is 0 Å². The molecule has 0 spiro atoms. The van der Waals surface area contributed by atoms with Gasteiger partial charge >= 0.3 is 0 Å². The lowest BCUT2D eigenvalue weighted by Gasteiger charge is -1.91. The highest BCUT2D eigenvalue weighted by Gasteiger charge is 2.13. The molecule has 0 saturated carbocycles. The zero-order valence-corrected chi connectivity index (χ0v) is 5.16. The molecule has 9 heavy (non-hydrogen) atoms. The van der Waals surface area contributed by atoms with Gasteiger partial charge in [-0.15, -0.1) is 10.2 Å². The van der Waals surface area contributed by atoms with Gasteiger partial charge in [0.15, 0.2) is 5.82 Å². The third kappa shape index (κ3) is 0.564. The molecule has 0 aliphatic carbocycles. The number of nitrogens with zero attached hydrogens (tertiary/aromatic N) is 3. The van der Waals surface area contributed by atoms with Crippen molar-refractivity contribution in [3.63, 3.8) is 0 Å². The molecule has 2 rings (SSSR count). The van der Waals surface area contributed by atoms with Crippen LogP contribution in [0.15, 0.2) is 0 Å². The molecule has 0 fully saturated rings. The van der Waals surface area contributed by atoms with E-state index in [1.807, 2.05) is 11.5 Å². The Hall–Kier alpha value is -0.900. The highest BCUT2D eigenvalue weighted by molar-refractivity contribution is 4.93. The molecular formula is C5H7N3O. The van der Waals surface area contributed by atoms with Gasteiger partial charge in [0.1, 0.15) is 19.2 Å². The summed E-state index contributed by atoms with van der Waals surface area (Å²) in [5.74, 6) is 1.87. The molecule has 0 N–H and O–H groups in total. The Labute approximate surface area is 52.5 Å². The maximum atomic E-state index is 5.10. The molecule has 48 valence electrons. The van der Waals surface area contributed by atoms with Crippen LogP contribution in [0, 0.1) is 6.92 Å². The molecule has 0 aromatic carbocycles. The Morgan fingerprint density at radius 3 is 3.22 bits per heavy atom. The van der Waals surface area contributed by atoms with E-state index in [2.05, 4.69) is 10.2 Å². The number of hydrogen-bond acceptors (Lipinski definition) is 3. The van der Waals surface area contributed by atoms with Crippen LogP contribution in [0.4, 0.5) is 0 Å². The van der Waals surface area contributed by atoms with Crippen LogP contribution in [0.3, 0.4) is 0 Å². The van der Waals surface area contributed by atoms with Crippen LogP contribution in [0.25, 0.3) is 0 Å². The van der Waals surface area contributed by atoms with E-state index in [0.717, 1.165) is 11.6 Å². The molecule has 0 atom stereocenters. The smallest absolute Gasteiger partial charge is 0.161 e. The van der Waals surface area contributed by atoms with Crippen LogP contribution in [-0.4, -0.2) is 14.8 Å². The van der Waals surface area contributed by atoms with Gasteiger partial charge in [0.2, 0.25) is 0 Å². The van der Waals surface area contributed by atoms with Gasteiger partial charge in [-0.05, 0) is 6.92 Å². The van der Waals surface area contributed by atoms with Gasteiger partial charge in [0, 0.05) is 0 Å². The summed E-state index contributed by atoms with van der Waals surface area (Å²) in [4.78, 5) is 0. The third-order valence-corrected chi connectivity index (χ3v) is 1.46. The van der Waals surface area contributed by atoms with Crippen LogP contribution in [0.1, 0.15) is 11.6 Å². The molecule has 0 amide bonds. The first kappa shape index (κ1) is 4.93. The lowest BCUT2D eigenvalue weighted by molar-refractivity contribution is 0.106. The average Bonchev–Trinajstić information content (AvgIpc) is 2.35. The number of hydrogen-bond donors (Lipinski definition) is 0. The van der Waals surface area contributed by atoms with Crippen molar-refractivity contribution in [1.82, 2.24) is 14.8 Å². The number of ether oxygens (including phenoxy) is 1. The summed E-state index contributed by atoms with van der Waals surface area (Å²) in [5.41, 5.74) is 0. The summed E-state index contributed by atoms with van der Waals surface area (Å²) in [6.07, 6.45) is 0. The highest BCUT2D eigenvalue weighted by atomic mass is 16.5. The minimum atomic E-state index is 0.612. The van der Waals surface area contributed by atoms with Crippen molar-refractivity contribution < 1.29 is 4.74 Å². The van der Waals surface area contributed by atoms with E-state index >= 15 is 0 Å². The highest BCUT2D eigenvalue weighted by Crippen LogP contribution is 2.09. The fourth-order valence-corrected chi connectivity index (χ4v) is 0.928. The van der Waals surface area contributed by atoms with E-state index in [1.54, 1.807) is 0 Å². The second-order valence-corrected chi connectivity index (χ2v) is 2.07. The van der Waals surface area contributed by atoms with Crippen molar-refractivity contribution >= 4 is 0 Å². The summed E-state index contributed by atoms with van der Waals surface area (Å²) >= 11 is 0. The lowest BCUT2D eigenvalue weighted by atomic mass is 10.6. The summed E-state index contributed by atoms with van der Waals surface area (Å²) in [7, 11) is 0. The van der Waals surface area contributed by atoms with Crippen molar-refractivity contribution in [3.8, 4) is 0 Å². The van der Waals surface area contributed by atoms with Gasteiger partial charge in [0.05, 0.1) is 0 Å². The largest absolute Gasteiger partial charge is 0.353 e. The minimum Gasteiger partial charge on any atom is -0.353 e. The van der Waals surface area contributed by atoms with Gasteiger partial charge in [-0.2, -0.15) is 0 Å². The quantitative estimate of drug-likeness (QED) is 0.492. The Kier molecular flexibility index (Phi) is 0.843. The monoisotopic (exact) mass is 125 g/mol. The maximum Gasteiger partial charge on any atom is 0.161 e. The standard InChI is InChI=1S/C5H7N3O/c1-4-6-7-5-2-9-3-8(4)5/h2-3H2,1H3. The van der Waals surface area contributed by atoms with E-state index < -0.39 is 0 Å². The topological polar surface area (TPSA) is 39.9 Å². The SMILES string of the molecule is Cc1nnc2n1COC2. The summed E-state index contributed by atoms with van der Waals surface area (Å²) < 4.78 is 7.05. The molecule has 1 aliphatic rings. The number of aryl methyl sites for hydroxylation is 1. The molecule has 4 heteroatoms. The molecule has 1 aromatic rings. The van der Waals surface area contributed by atoms with Crippen molar-refractivity contribution in [2.75, 3.05) is 0 Å². The van der Waals surface area contributed by atoms with Crippen molar-refractivity contribution in [2.24, 2.45) is 0 Å². The Balaban J connectivity index is 2.56. The lowest BCUT2D eigenvalue weighted by Crippen LogP contribution is -1.95. The van der Waals surface area contributed by atoms with Gasteiger partial charge in [-0.25, -0.2) is 0 Å². The average molecular weight is 125 g/mol. The van der Waals surface area contributed by atoms with Gasteiger partial charge in [0.25, 0.3) is 0 Å². The summed E-state index contributed by atoms with van der Waals surface area (Å²) in [5, 5.41) is 7.76. The maximum absolute atomic E-state index is 5.10. The normalized spacial score (nSPS) is 16.1. The van der Waals surface area contributed by atoms with E-state index in [0.29, 0.717) is 13.3 Å². The molecular weight excluding hydrogens is 118 g/mol. The molecule has 4 nitrogen and oxygen atoms in total. The van der Waals surface area contributed by atoms with Crippen LogP contribution in [0.2, 0.25) is 0 Å². The zero-order chi connectivity index (χ0) is 6.27. The van der Waals surface area contributed by atoms with Crippen molar-refractivity contribution in [1.29, 1.82) is 0 Å². The second-order valence-electron chi connectivity index (χ2n) is 2.07. The van der Waals surface area contributed by atoms with E-state index in [9.17, 15) is 0 Å². The Morgan fingerprint density at radius 1 is 1.56 bits per heavy atom. The minimum absolute atomic E-state index is 0.612. The van der Waals surface area contributed by atoms with Crippen LogP contribution in [0.5, 0.6) is 0 Å². The fraction of sp³-hybridized carbons (Fsp3) is 0.600. The summed E-state index contributed by atoms with van der Waals surface area (Å²) in [6.45, 7) is 3.15. The number of aromatic nitrogens is 3. The second kappa shape index (κ2) is 1.54. The Morgan fingerprint density at radius 2 is 2.44 bits per heavy atom. The predicted molar refractivity (Wildman–Crippen MR) is 29.5 cm³/mol. The Bertz CT molecular complexity index is 230. The molecule has 0 radical (unpaired) electrons. The number of rotatable bonds is 0. The van der Waals surface area contributed by atoms with Gasteiger partial charge in [-0.3, -0.25) is 4.57 Å². The first-order chi connectivity index (χ1) is 4.38. The van der Waals surface area contributed by atoms with Gasteiger partial charge < -0.3 is 4.74 Å². The van der Waals surface area contributed by atoms with Crippen molar-refractivity contribution in [2.45, 2.75) is 20.3 Å². The molecule has 2 heterocycles. The predicted octanol–water partition coefficient (Wildman–Crippen LogP) is 0.0742. The van der Waals surface area contributed by atoms with Gasteiger partial charge in [-0.1, -0.05) is 0 Å². The molecule has 1 aliphatic heterocycles. The fourth-order valence-electron chi connectivity index (χ4n) is 0.928. The van der Waals surface area contributed by atoms with E-state index in [4.69, 9.17) is 4.74 Å².